The van der Waals surface area contributed by atoms with Crippen LogP contribution in [0.3, 0.4) is 0 Å². The molecule has 2 aromatic carbocycles. The van der Waals surface area contributed by atoms with E-state index in [1.54, 1.807) is 24.4 Å². The number of benzene rings is 2. The maximum atomic E-state index is 13.8. The van der Waals surface area contributed by atoms with Crippen LogP contribution >= 0.6 is 0 Å². The number of nitrogens with one attached hydrogen (secondary N) is 1. The Morgan fingerprint density at radius 2 is 1.84 bits per heavy atom. The number of amides is 1. The van der Waals surface area contributed by atoms with Gasteiger partial charge in [-0.15, -0.1) is 0 Å². The fourth-order valence-corrected chi connectivity index (χ4v) is 2.99. The van der Waals surface area contributed by atoms with Crippen LogP contribution < -0.4 is 14.8 Å². The molecule has 156 valence electrons. The number of fused-ring (bicyclic) bond motifs is 1. The number of aromatic nitrogens is 3. The molecule has 0 aliphatic carbocycles. The molecule has 0 radical (unpaired) electrons. The molecule has 0 bridgehead atoms. The minimum absolute atomic E-state index is 0.128. The van der Waals surface area contributed by atoms with Gasteiger partial charge in [-0.25, -0.2) is 9.37 Å². The molecule has 0 aliphatic rings. The summed E-state index contributed by atoms with van der Waals surface area (Å²) in [5.74, 6) is 0.601. The molecule has 0 saturated carbocycles. The highest BCUT2D eigenvalue weighted by atomic mass is 19.1. The van der Waals surface area contributed by atoms with Crippen molar-refractivity contribution in [3.63, 3.8) is 0 Å². The van der Waals surface area contributed by atoms with Crippen molar-refractivity contribution < 1.29 is 18.7 Å². The van der Waals surface area contributed by atoms with E-state index in [4.69, 9.17) is 9.47 Å². The van der Waals surface area contributed by atoms with Gasteiger partial charge in [-0.05, 0) is 30.7 Å². The maximum absolute atomic E-state index is 13.8. The normalized spacial score (nSPS) is 10.6. The molecule has 4 rings (SSSR count). The van der Waals surface area contributed by atoms with Crippen LogP contribution in [0.15, 0.2) is 67.1 Å². The molecule has 7 nitrogen and oxygen atoms in total. The van der Waals surface area contributed by atoms with E-state index in [2.05, 4.69) is 20.3 Å². The van der Waals surface area contributed by atoms with Crippen molar-refractivity contribution in [3.05, 3.63) is 84.1 Å². The molecule has 1 N–H and O–H groups in total. The quantitative estimate of drug-likeness (QED) is 0.482. The van der Waals surface area contributed by atoms with Crippen molar-refractivity contribution >= 4 is 16.9 Å². The fourth-order valence-electron chi connectivity index (χ4n) is 2.99. The third-order valence-corrected chi connectivity index (χ3v) is 4.40. The number of pyridine rings is 1. The van der Waals surface area contributed by atoms with Gasteiger partial charge in [0.15, 0.2) is 11.5 Å². The first-order valence-electron chi connectivity index (χ1n) is 9.67. The molecule has 0 atom stereocenters. The Morgan fingerprint density at radius 3 is 2.61 bits per heavy atom. The molecule has 0 spiro atoms. The highest BCUT2D eigenvalue weighted by molar-refractivity contribution is 6.04. The third kappa shape index (κ3) is 4.75. The molecular formula is C23H19FN4O3. The highest BCUT2D eigenvalue weighted by Crippen LogP contribution is 2.30. The topological polar surface area (TPSA) is 86.2 Å². The van der Waals surface area contributed by atoms with Crippen LogP contribution in [0.25, 0.3) is 11.0 Å². The Kier molecular flexibility index (Phi) is 5.98. The minimum Gasteiger partial charge on any atom is -0.490 e. The first kappa shape index (κ1) is 20.2. The molecule has 0 fully saturated rings. The Balaban J connectivity index is 1.43. The lowest BCUT2D eigenvalue weighted by Crippen LogP contribution is -2.23. The lowest BCUT2D eigenvalue weighted by Gasteiger charge is -2.11. The van der Waals surface area contributed by atoms with Gasteiger partial charge in [0.05, 0.1) is 17.7 Å². The molecule has 2 aromatic heterocycles. The molecule has 4 aromatic rings. The summed E-state index contributed by atoms with van der Waals surface area (Å²) in [6, 6.07) is 13.2. The lowest BCUT2D eigenvalue weighted by atomic mass is 10.1. The van der Waals surface area contributed by atoms with E-state index in [-0.39, 0.29) is 12.1 Å². The molecule has 2 heterocycles. The van der Waals surface area contributed by atoms with Crippen molar-refractivity contribution in [2.45, 2.75) is 13.5 Å². The van der Waals surface area contributed by atoms with E-state index < -0.39 is 11.7 Å². The average Bonchev–Trinajstić information content (AvgIpc) is 2.79. The number of nitrogens with zero attached hydrogens (tertiary/aromatic N) is 3. The molecule has 8 heteroatoms. The van der Waals surface area contributed by atoms with Gasteiger partial charge < -0.3 is 14.8 Å². The predicted molar refractivity (Wildman–Crippen MR) is 113 cm³/mol. The number of carbonyl (C=O) groups is 1. The number of halogens is 1. The summed E-state index contributed by atoms with van der Waals surface area (Å²) in [5, 5.41) is 2.76. The number of rotatable bonds is 7. The van der Waals surface area contributed by atoms with E-state index in [0.29, 0.717) is 35.0 Å². The predicted octanol–water partition coefficient (Wildman–Crippen LogP) is 4.28. The smallest absolute Gasteiger partial charge is 0.253 e. The van der Waals surface area contributed by atoms with Crippen LogP contribution in [0, 0.1) is 5.82 Å². The summed E-state index contributed by atoms with van der Waals surface area (Å²) in [5.41, 5.74) is 1.55. The maximum Gasteiger partial charge on any atom is 0.253 e. The van der Waals surface area contributed by atoms with E-state index in [1.165, 1.54) is 18.5 Å². The molecule has 0 unspecified atom stereocenters. The Morgan fingerprint density at radius 1 is 1.03 bits per heavy atom. The largest absolute Gasteiger partial charge is 0.490 e. The van der Waals surface area contributed by atoms with Crippen LogP contribution in [0.1, 0.15) is 22.8 Å². The third-order valence-electron chi connectivity index (χ3n) is 4.40. The number of para-hydroxylation sites is 2. The first-order valence-corrected chi connectivity index (χ1v) is 9.67. The Hall–Kier alpha value is -4.07. The van der Waals surface area contributed by atoms with Crippen molar-refractivity contribution in [2.75, 3.05) is 6.61 Å². The zero-order chi connectivity index (χ0) is 21.6. The minimum atomic E-state index is -0.548. The summed E-state index contributed by atoms with van der Waals surface area (Å²) in [6.45, 7) is 2.63. The van der Waals surface area contributed by atoms with Gasteiger partial charge in [0, 0.05) is 37.3 Å². The zero-order valence-corrected chi connectivity index (χ0v) is 16.7. The van der Waals surface area contributed by atoms with Crippen LogP contribution in [0.4, 0.5) is 4.39 Å². The first-order chi connectivity index (χ1) is 15.1. The molecule has 0 saturated heterocycles. The van der Waals surface area contributed by atoms with Gasteiger partial charge >= 0.3 is 0 Å². The average molecular weight is 418 g/mol. The van der Waals surface area contributed by atoms with Gasteiger partial charge in [-0.1, -0.05) is 18.2 Å². The highest BCUT2D eigenvalue weighted by Gasteiger charge is 2.14. The second-order valence-corrected chi connectivity index (χ2v) is 6.55. The van der Waals surface area contributed by atoms with E-state index in [9.17, 15) is 9.18 Å². The molecule has 31 heavy (non-hydrogen) atoms. The summed E-state index contributed by atoms with van der Waals surface area (Å²) in [6.07, 6.45) is 4.51. The summed E-state index contributed by atoms with van der Waals surface area (Å²) in [7, 11) is 0. The van der Waals surface area contributed by atoms with Gasteiger partial charge in [0.2, 0.25) is 5.88 Å². The second-order valence-electron chi connectivity index (χ2n) is 6.55. The van der Waals surface area contributed by atoms with E-state index >= 15 is 0 Å². The van der Waals surface area contributed by atoms with Gasteiger partial charge in [0.25, 0.3) is 5.91 Å². The Labute approximate surface area is 177 Å². The van der Waals surface area contributed by atoms with Crippen LogP contribution in [-0.4, -0.2) is 27.5 Å². The van der Waals surface area contributed by atoms with Crippen LogP contribution in [0.5, 0.6) is 17.4 Å². The Bertz CT molecular complexity index is 1220. The molecular weight excluding hydrogens is 399 g/mol. The number of hydrogen-bond donors (Lipinski definition) is 1. The zero-order valence-electron chi connectivity index (χ0n) is 16.7. The van der Waals surface area contributed by atoms with Gasteiger partial charge in [-0.2, -0.15) is 0 Å². The standard InChI is InChI=1S/C23H19FN4O3/c1-2-30-19-5-3-4-6-20(19)31-21-8-7-15(13-27-21)14-28-23(29)17-11-16(24)12-18-22(17)26-10-9-25-18/h3-13H,2,14H2,1H3,(H,28,29). The summed E-state index contributed by atoms with van der Waals surface area (Å²) >= 11 is 0. The summed E-state index contributed by atoms with van der Waals surface area (Å²) in [4.78, 5) is 25.1. The molecule has 0 aliphatic heterocycles. The van der Waals surface area contributed by atoms with Crippen LogP contribution in [-0.2, 0) is 6.54 Å². The number of ether oxygens (including phenoxy) is 2. The van der Waals surface area contributed by atoms with Crippen molar-refractivity contribution in [2.24, 2.45) is 0 Å². The van der Waals surface area contributed by atoms with Crippen LogP contribution in [0.2, 0.25) is 0 Å². The van der Waals surface area contributed by atoms with Gasteiger partial charge in [-0.3, -0.25) is 14.8 Å². The number of carbonyl (C=O) groups excluding carboxylic acids is 1. The van der Waals surface area contributed by atoms with E-state index in [1.807, 2.05) is 25.1 Å². The summed E-state index contributed by atoms with van der Waals surface area (Å²) < 4.78 is 25.2. The van der Waals surface area contributed by atoms with Gasteiger partial charge in [0.1, 0.15) is 11.3 Å². The van der Waals surface area contributed by atoms with E-state index in [0.717, 1.165) is 11.6 Å². The lowest BCUT2D eigenvalue weighted by molar-refractivity contribution is 0.0952. The second kappa shape index (κ2) is 9.17. The number of hydrogen-bond acceptors (Lipinski definition) is 6. The fraction of sp³-hybridized carbons (Fsp3) is 0.130. The monoisotopic (exact) mass is 418 g/mol. The van der Waals surface area contributed by atoms with Crippen molar-refractivity contribution in [1.29, 1.82) is 0 Å². The molecule has 1 amide bonds. The van der Waals surface area contributed by atoms with Crippen molar-refractivity contribution in [1.82, 2.24) is 20.3 Å². The SMILES string of the molecule is CCOc1ccccc1Oc1ccc(CNC(=O)c2cc(F)cc3nccnc23)cn1. The van der Waals surface area contributed by atoms with Crippen molar-refractivity contribution in [3.8, 4) is 17.4 Å².